The smallest absolute Gasteiger partial charge is 0.0312 e. The third-order valence-electron chi connectivity index (χ3n) is 8.79. The highest BCUT2D eigenvalue weighted by molar-refractivity contribution is 5.19. The molecule has 1 nitrogen and oxygen atoms in total. The Kier molecular flexibility index (Phi) is 6.88. The summed E-state index contributed by atoms with van der Waals surface area (Å²) in [4.78, 5) is 2.96. The maximum Gasteiger partial charge on any atom is 0.0312 e. The summed E-state index contributed by atoms with van der Waals surface area (Å²) in [6, 6.07) is 0.856. The lowest BCUT2D eigenvalue weighted by molar-refractivity contribution is 0.154. The number of rotatable bonds is 6. The third kappa shape index (κ3) is 4.59. The van der Waals surface area contributed by atoms with Gasteiger partial charge < -0.3 is 4.90 Å². The first-order chi connectivity index (χ1) is 13.3. The monoisotopic (exact) mass is 371 g/mol. The standard InChI is InChI=1S/C26H45N/c1-3-9-22-15-17-26-24(18-22)23(16-14-21-11-5-4-6-12-21)19-27(26)25-13-8-7-10-20(25)2/h17,20-25H,3-16,18-19H2,1-2H3. The second-order valence-corrected chi connectivity index (χ2v) is 10.7. The minimum atomic E-state index is 0.856. The van der Waals surface area contributed by atoms with Crippen molar-refractivity contribution in [2.45, 2.75) is 116 Å². The van der Waals surface area contributed by atoms with E-state index in [1.54, 1.807) is 0 Å². The van der Waals surface area contributed by atoms with E-state index in [2.05, 4.69) is 24.8 Å². The highest BCUT2D eigenvalue weighted by atomic mass is 15.2. The van der Waals surface area contributed by atoms with Crippen molar-refractivity contribution in [2.75, 3.05) is 6.54 Å². The molecular weight excluding hydrogens is 326 g/mol. The van der Waals surface area contributed by atoms with Crippen LogP contribution in [0.2, 0.25) is 0 Å². The highest BCUT2D eigenvalue weighted by Gasteiger charge is 2.43. The van der Waals surface area contributed by atoms with Gasteiger partial charge in [0.15, 0.2) is 0 Å². The first-order valence-corrected chi connectivity index (χ1v) is 12.7. The number of hydrogen-bond donors (Lipinski definition) is 0. The summed E-state index contributed by atoms with van der Waals surface area (Å²) < 4.78 is 0. The van der Waals surface area contributed by atoms with E-state index in [4.69, 9.17) is 0 Å². The number of nitrogens with zero attached hydrogens (tertiary/aromatic N) is 1. The van der Waals surface area contributed by atoms with Crippen LogP contribution in [0.4, 0.5) is 0 Å². The van der Waals surface area contributed by atoms with Crippen molar-refractivity contribution in [3.8, 4) is 0 Å². The molecule has 0 aromatic carbocycles. The lowest BCUT2D eigenvalue weighted by Crippen LogP contribution is -2.39. The minimum absolute atomic E-state index is 0.856. The van der Waals surface area contributed by atoms with Crippen molar-refractivity contribution >= 4 is 0 Å². The van der Waals surface area contributed by atoms with Crippen LogP contribution in [0.3, 0.4) is 0 Å². The molecule has 0 amide bonds. The normalized spacial score (nSPS) is 37.9. The summed E-state index contributed by atoms with van der Waals surface area (Å²) in [7, 11) is 0. The quantitative estimate of drug-likeness (QED) is 0.465. The molecule has 4 aliphatic rings. The fourth-order valence-corrected chi connectivity index (χ4v) is 7.21. The van der Waals surface area contributed by atoms with Gasteiger partial charge in [0, 0.05) is 24.2 Å². The zero-order valence-electron chi connectivity index (χ0n) is 18.3. The molecule has 5 atom stereocenters. The second kappa shape index (κ2) is 9.36. The fraction of sp³-hybridized carbons (Fsp3) is 0.923. The third-order valence-corrected chi connectivity index (χ3v) is 8.79. The molecule has 0 aromatic rings. The summed E-state index contributed by atoms with van der Waals surface area (Å²) in [5, 5.41) is 0. The predicted octanol–water partition coefficient (Wildman–Crippen LogP) is 7.57. The predicted molar refractivity (Wildman–Crippen MR) is 117 cm³/mol. The summed E-state index contributed by atoms with van der Waals surface area (Å²) in [5.41, 5.74) is 1.81. The summed E-state index contributed by atoms with van der Waals surface area (Å²) in [5.74, 6) is 4.82. The average molecular weight is 372 g/mol. The van der Waals surface area contributed by atoms with Gasteiger partial charge in [0.1, 0.15) is 0 Å². The molecule has 4 rings (SSSR count). The van der Waals surface area contributed by atoms with Crippen LogP contribution < -0.4 is 0 Å². The highest BCUT2D eigenvalue weighted by Crippen LogP contribution is 2.48. The first-order valence-electron chi connectivity index (χ1n) is 12.7. The van der Waals surface area contributed by atoms with Crippen molar-refractivity contribution in [1.29, 1.82) is 0 Å². The van der Waals surface area contributed by atoms with Crippen molar-refractivity contribution in [3.05, 3.63) is 11.8 Å². The van der Waals surface area contributed by atoms with Gasteiger partial charge in [-0.15, -0.1) is 0 Å². The topological polar surface area (TPSA) is 3.24 Å². The number of hydrogen-bond acceptors (Lipinski definition) is 1. The number of fused-ring (bicyclic) bond motifs is 1. The largest absolute Gasteiger partial charge is 0.371 e. The molecule has 3 fully saturated rings. The van der Waals surface area contributed by atoms with E-state index in [1.165, 1.54) is 103 Å². The Labute approximate surface area is 169 Å². The molecule has 1 heteroatoms. The van der Waals surface area contributed by atoms with E-state index in [0.29, 0.717) is 0 Å². The van der Waals surface area contributed by atoms with Gasteiger partial charge in [-0.2, -0.15) is 0 Å². The minimum Gasteiger partial charge on any atom is -0.371 e. The summed E-state index contributed by atoms with van der Waals surface area (Å²) in [6.07, 6.45) is 24.9. The van der Waals surface area contributed by atoms with E-state index in [0.717, 1.165) is 35.6 Å². The zero-order valence-corrected chi connectivity index (χ0v) is 18.3. The van der Waals surface area contributed by atoms with Gasteiger partial charge >= 0.3 is 0 Å². The van der Waals surface area contributed by atoms with E-state index < -0.39 is 0 Å². The maximum atomic E-state index is 2.96. The molecule has 1 saturated heterocycles. The van der Waals surface area contributed by atoms with Crippen LogP contribution in [-0.4, -0.2) is 17.5 Å². The molecule has 1 aliphatic heterocycles. The zero-order chi connectivity index (χ0) is 18.6. The molecule has 1 heterocycles. The molecule has 0 N–H and O–H groups in total. The molecule has 0 spiro atoms. The Hall–Kier alpha value is -0.460. The van der Waals surface area contributed by atoms with Gasteiger partial charge in [-0.3, -0.25) is 0 Å². The maximum absolute atomic E-state index is 2.96. The Balaban J connectivity index is 1.45. The summed E-state index contributed by atoms with van der Waals surface area (Å²) >= 11 is 0. The molecule has 27 heavy (non-hydrogen) atoms. The van der Waals surface area contributed by atoms with Crippen LogP contribution in [0.15, 0.2) is 11.8 Å². The Morgan fingerprint density at radius 2 is 1.67 bits per heavy atom. The first kappa shape index (κ1) is 19.8. The van der Waals surface area contributed by atoms with Gasteiger partial charge in [0.25, 0.3) is 0 Å². The van der Waals surface area contributed by atoms with Gasteiger partial charge in [-0.1, -0.05) is 84.1 Å². The van der Waals surface area contributed by atoms with E-state index in [1.807, 2.05) is 5.70 Å². The van der Waals surface area contributed by atoms with E-state index in [-0.39, 0.29) is 0 Å². The molecule has 5 unspecified atom stereocenters. The lowest BCUT2D eigenvalue weighted by Gasteiger charge is -2.40. The molecule has 154 valence electrons. The van der Waals surface area contributed by atoms with Crippen molar-refractivity contribution in [1.82, 2.24) is 4.90 Å². The molecule has 0 bridgehead atoms. The second-order valence-electron chi connectivity index (χ2n) is 10.7. The van der Waals surface area contributed by atoms with Crippen LogP contribution in [0.25, 0.3) is 0 Å². The van der Waals surface area contributed by atoms with Crippen LogP contribution in [0.5, 0.6) is 0 Å². The number of allylic oxidation sites excluding steroid dienone is 2. The fourth-order valence-electron chi connectivity index (χ4n) is 7.21. The van der Waals surface area contributed by atoms with Crippen LogP contribution in [-0.2, 0) is 0 Å². The number of likely N-dealkylation sites (tertiary alicyclic amines) is 1. The Morgan fingerprint density at radius 3 is 2.44 bits per heavy atom. The van der Waals surface area contributed by atoms with Gasteiger partial charge in [-0.05, 0) is 55.8 Å². The molecular formula is C26H45N. The van der Waals surface area contributed by atoms with Gasteiger partial charge in [0.2, 0.25) is 0 Å². The molecule has 2 saturated carbocycles. The Bertz CT molecular complexity index is 488. The average Bonchev–Trinajstić information content (AvgIpc) is 3.06. The summed E-state index contributed by atoms with van der Waals surface area (Å²) in [6.45, 7) is 6.32. The SMILES string of the molecule is CCCC1CC=C2C(C1)C(CCC1CCCCC1)CN2C1CCCCC1C. The van der Waals surface area contributed by atoms with Gasteiger partial charge in [0.05, 0.1) is 0 Å². The van der Waals surface area contributed by atoms with Crippen molar-refractivity contribution in [2.24, 2.45) is 29.6 Å². The van der Waals surface area contributed by atoms with Crippen LogP contribution >= 0.6 is 0 Å². The van der Waals surface area contributed by atoms with Crippen molar-refractivity contribution in [3.63, 3.8) is 0 Å². The van der Waals surface area contributed by atoms with E-state index in [9.17, 15) is 0 Å². The van der Waals surface area contributed by atoms with Crippen LogP contribution in [0.1, 0.15) is 110 Å². The van der Waals surface area contributed by atoms with Crippen molar-refractivity contribution < 1.29 is 0 Å². The Morgan fingerprint density at radius 1 is 0.889 bits per heavy atom. The molecule has 3 aliphatic carbocycles. The van der Waals surface area contributed by atoms with Gasteiger partial charge in [-0.25, -0.2) is 0 Å². The molecule has 0 radical (unpaired) electrons. The van der Waals surface area contributed by atoms with Crippen LogP contribution in [0, 0.1) is 29.6 Å². The van der Waals surface area contributed by atoms with E-state index >= 15 is 0 Å². The lowest BCUT2D eigenvalue weighted by atomic mass is 9.75. The molecule has 0 aromatic heterocycles.